The van der Waals surface area contributed by atoms with Gasteiger partial charge in [0.25, 0.3) is 0 Å². The van der Waals surface area contributed by atoms with Crippen LogP contribution in [0.2, 0.25) is 0 Å². The van der Waals surface area contributed by atoms with Crippen molar-refractivity contribution in [2.75, 3.05) is 13.6 Å². The van der Waals surface area contributed by atoms with Gasteiger partial charge in [-0.25, -0.2) is 0 Å². The first-order chi connectivity index (χ1) is 4.63. The monoisotopic (exact) mass is 142 g/mol. The van der Waals surface area contributed by atoms with E-state index in [-0.39, 0.29) is 0 Å². The summed E-state index contributed by atoms with van der Waals surface area (Å²) in [6.07, 6.45) is 1.17. The third kappa shape index (κ3) is 1.32. The third-order valence-electron chi connectivity index (χ3n) is 2.45. The molecule has 0 aliphatic carbocycles. The van der Waals surface area contributed by atoms with E-state index in [0.717, 1.165) is 0 Å². The quantitative estimate of drug-likeness (QED) is 0.583. The van der Waals surface area contributed by atoms with Gasteiger partial charge in [0.15, 0.2) is 0 Å². The molecule has 2 heteroatoms. The molecule has 1 aliphatic heterocycles. The Morgan fingerprint density at radius 2 is 2.10 bits per heavy atom. The van der Waals surface area contributed by atoms with Crippen molar-refractivity contribution in [3.05, 3.63) is 0 Å². The fraction of sp³-hybridized carbons (Fsp3) is 1.00. The van der Waals surface area contributed by atoms with E-state index >= 15 is 0 Å². The van der Waals surface area contributed by atoms with Crippen molar-refractivity contribution in [1.29, 1.82) is 0 Å². The van der Waals surface area contributed by atoms with Gasteiger partial charge in [-0.05, 0) is 25.9 Å². The molecule has 0 aromatic carbocycles. The molecule has 0 aromatic rings. The van der Waals surface area contributed by atoms with Crippen LogP contribution in [0.15, 0.2) is 0 Å². The topological polar surface area (TPSA) is 29.3 Å². The van der Waals surface area contributed by atoms with E-state index in [2.05, 4.69) is 25.8 Å². The van der Waals surface area contributed by atoms with Crippen molar-refractivity contribution in [1.82, 2.24) is 4.90 Å². The Hall–Kier alpha value is -0.0800. The van der Waals surface area contributed by atoms with Gasteiger partial charge in [0, 0.05) is 12.1 Å². The number of nitrogens with zero attached hydrogens (tertiary/aromatic N) is 1. The van der Waals surface area contributed by atoms with E-state index in [1.807, 2.05) is 0 Å². The summed E-state index contributed by atoms with van der Waals surface area (Å²) < 4.78 is 0. The lowest BCUT2D eigenvalue weighted by Gasteiger charge is -2.26. The van der Waals surface area contributed by atoms with Crippen molar-refractivity contribution < 1.29 is 0 Å². The largest absolute Gasteiger partial charge is 0.326 e. The average Bonchev–Trinajstić information content (AvgIpc) is 2.11. The zero-order chi connectivity index (χ0) is 7.72. The van der Waals surface area contributed by atoms with Crippen molar-refractivity contribution in [3.8, 4) is 0 Å². The molecule has 0 bridgehead atoms. The second kappa shape index (κ2) is 2.89. The summed E-state index contributed by atoms with van der Waals surface area (Å²) in [6.45, 7) is 5.66. The molecular weight excluding hydrogens is 124 g/mol. The third-order valence-corrected chi connectivity index (χ3v) is 2.45. The van der Waals surface area contributed by atoms with Crippen LogP contribution in [-0.2, 0) is 0 Å². The lowest BCUT2D eigenvalue weighted by atomic mass is 9.98. The van der Waals surface area contributed by atoms with Crippen LogP contribution in [0.3, 0.4) is 0 Å². The van der Waals surface area contributed by atoms with E-state index in [0.29, 0.717) is 18.0 Å². The van der Waals surface area contributed by atoms with Crippen LogP contribution in [0.1, 0.15) is 20.3 Å². The first-order valence-electron chi connectivity index (χ1n) is 4.08. The number of rotatable bonds is 1. The summed E-state index contributed by atoms with van der Waals surface area (Å²) in [5, 5.41) is 0. The molecular formula is C8H18N2. The molecule has 0 amide bonds. The Morgan fingerprint density at radius 1 is 1.50 bits per heavy atom. The van der Waals surface area contributed by atoms with Crippen molar-refractivity contribution >= 4 is 0 Å². The maximum atomic E-state index is 5.93. The van der Waals surface area contributed by atoms with Gasteiger partial charge in [-0.1, -0.05) is 13.8 Å². The summed E-state index contributed by atoms with van der Waals surface area (Å²) in [6, 6.07) is 1.02. The molecule has 10 heavy (non-hydrogen) atoms. The standard InChI is InChI=1S/C8H18N2/c1-6(2)8-7(9)4-5-10(8)3/h6-8H,4-5,9H2,1-3H3/t7?,8-/m0/s1. The SMILES string of the molecule is CC(C)[C@H]1C(N)CCN1C. The van der Waals surface area contributed by atoms with Crippen LogP contribution in [0, 0.1) is 5.92 Å². The Bertz CT molecular complexity index is 102. The maximum absolute atomic E-state index is 5.93. The van der Waals surface area contributed by atoms with Gasteiger partial charge < -0.3 is 10.6 Å². The van der Waals surface area contributed by atoms with Crippen LogP contribution in [0.4, 0.5) is 0 Å². The smallest absolute Gasteiger partial charge is 0.0267 e. The Kier molecular flexibility index (Phi) is 2.32. The molecule has 1 unspecified atom stereocenters. The molecule has 2 nitrogen and oxygen atoms in total. The van der Waals surface area contributed by atoms with Crippen LogP contribution < -0.4 is 5.73 Å². The van der Waals surface area contributed by atoms with Crippen LogP contribution in [0.5, 0.6) is 0 Å². The second-order valence-electron chi connectivity index (χ2n) is 3.67. The highest BCUT2D eigenvalue weighted by Crippen LogP contribution is 2.20. The number of likely N-dealkylation sites (tertiary alicyclic amines) is 1. The molecule has 2 atom stereocenters. The normalized spacial score (nSPS) is 35.7. The highest BCUT2D eigenvalue weighted by atomic mass is 15.2. The summed E-state index contributed by atoms with van der Waals surface area (Å²) in [5.41, 5.74) is 5.93. The number of nitrogens with two attached hydrogens (primary N) is 1. The van der Waals surface area contributed by atoms with Crippen LogP contribution >= 0.6 is 0 Å². The van der Waals surface area contributed by atoms with Gasteiger partial charge in [-0.15, -0.1) is 0 Å². The number of hydrogen-bond acceptors (Lipinski definition) is 2. The van der Waals surface area contributed by atoms with E-state index < -0.39 is 0 Å². The molecule has 60 valence electrons. The summed E-state index contributed by atoms with van der Waals surface area (Å²) in [5.74, 6) is 0.697. The lowest BCUT2D eigenvalue weighted by Crippen LogP contribution is -2.41. The predicted octanol–water partition coefficient (Wildman–Crippen LogP) is 0.674. The van der Waals surface area contributed by atoms with Crippen molar-refractivity contribution in [2.24, 2.45) is 11.7 Å². The Morgan fingerprint density at radius 3 is 2.30 bits per heavy atom. The van der Waals surface area contributed by atoms with Gasteiger partial charge >= 0.3 is 0 Å². The molecule has 1 saturated heterocycles. The van der Waals surface area contributed by atoms with E-state index in [1.54, 1.807) is 0 Å². The van der Waals surface area contributed by atoms with Gasteiger partial charge in [0.05, 0.1) is 0 Å². The molecule has 1 heterocycles. The van der Waals surface area contributed by atoms with Gasteiger partial charge in [-0.2, -0.15) is 0 Å². The fourth-order valence-corrected chi connectivity index (χ4v) is 2.00. The summed E-state index contributed by atoms with van der Waals surface area (Å²) in [7, 11) is 2.16. The minimum Gasteiger partial charge on any atom is -0.326 e. The molecule has 0 radical (unpaired) electrons. The van der Waals surface area contributed by atoms with Gasteiger partial charge in [0.2, 0.25) is 0 Å². The molecule has 0 spiro atoms. The average molecular weight is 142 g/mol. The minimum atomic E-state index is 0.407. The van der Waals surface area contributed by atoms with Gasteiger partial charge in [-0.3, -0.25) is 0 Å². The van der Waals surface area contributed by atoms with E-state index in [4.69, 9.17) is 5.73 Å². The van der Waals surface area contributed by atoms with Crippen LogP contribution in [-0.4, -0.2) is 30.6 Å². The highest BCUT2D eigenvalue weighted by Gasteiger charge is 2.30. The van der Waals surface area contributed by atoms with Crippen molar-refractivity contribution in [2.45, 2.75) is 32.4 Å². The summed E-state index contributed by atoms with van der Waals surface area (Å²) >= 11 is 0. The van der Waals surface area contributed by atoms with E-state index in [9.17, 15) is 0 Å². The molecule has 0 aromatic heterocycles. The molecule has 1 aliphatic rings. The molecule has 1 fully saturated rings. The highest BCUT2D eigenvalue weighted by molar-refractivity contribution is 4.89. The fourth-order valence-electron chi connectivity index (χ4n) is 2.00. The molecule has 1 rings (SSSR count). The van der Waals surface area contributed by atoms with Gasteiger partial charge in [0.1, 0.15) is 0 Å². The first-order valence-corrected chi connectivity index (χ1v) is 4.08. The van der Waals surface area contributed by atoms with Crippen molar-refractivity contribution in [3.63, 3.8) is 0 Å². The Labute approximate surface area is 63.4 Å². The number of hydrogen-bond donors (Lipinski definition) is 1. The summed E-state index contributed by atoms with van der Waals surface area (Å²) in [4.78, 5) is 2.37. The Balaban J connectivity index is 2.54. The second-order valence-corrected chi connectivity index (χ2v) is 3.67. The first kappa shape index (κ1) is 8.02. The molecule has 0 saturated carbocycles. The van der Waals surface area contributed by atoms with Crippen LogP contribution in [0.25, 0.3) is 0 Å². The zero-order valence-electron chi connectivity index (χ0n) is 7.17. The molecule has 2 N–H and O–H groups in total. The maximum Gasteiger partial charge on any atom is 0.0267 e. The minimum absolute atomic E-state index is 0.407. The van der Waals surface area contributed by atoms with E-state index in [1.165, 1.54) is 13.0 Å². The zero-order valence-corrected chi connectivity index (χ0v) is 7.17. The number of likely N-dealkylation sites (N-methyl/N-ethyl adjacent to an activating group) is 1. The predicted molar refractivity (Wildman–Crippen MR) is 43.8 cm³/mol. The lowest BCUT2D eigenvalue weighted by molar-refractivity contribution is 0.237.